The van der Waals surface area contributed by atoms with Crippen molar-refractivity contribution >= 4 is 162 Å². The molecule has 0 saturated heterocycles. The van der Waals surface area contributed by atoms with Gasteiger partial charge in [-0.2, -0.15) is 62.0 Å². The summed E-state index contributed by atoms with van der Waals surface area (Å²) in [7, 11) is 6.60. The normalized spacial score (nSPS) is 11.6. The zero-order chi connectivity index (χ0) is 99.5. The van der Waals surface area contributed by atoms with Crippen LogP contribution in [0.25, 0.3) is 39.8 Å². The molecule has 3 unspecified atom stereocenters. The van der Waals surface area contributed by atoms with Crippen molar-refractivity contribution in [1.82, 2.24) is 103 Å². The van der Waals surface area contributed by atoms with Crippen LogP contribution in [0.2, 0.25) is 36.1 Å². The number of aromatic nitrogens is 21. The lowest BCUT2D eigenvalue weighted by Gasteiger charge is -2.22. The highest BCUT2D eigenvalue weighted by Gasteiger charge is 2.33. The molecule has 0 spiro atoms. The van der Waals surface area contributed by atoms with Crippen molar-refractivity contribution in [2.45, 2.75) is 74.1 Å². The van der Waals surface area contributed by atoms with E-state index in [2.05, 4.69) is 80.9 Å². The molecule has 47 heteroatoms. The van der Waals surface area contributed by atoms with Crippen molar-refractivity contribution in [3.63, 3.8) is 0 Å². The number of amides is 5. The standard InChI is InChI=1S/C16H16ClN5O.C14H14ClN5O.2C13H12ClN5O.C12H10ClN5O.2C11H12ClN5/c1-11(7-18)16(23)21(9-12-4-5-12)14-10-22(20-15(14)17)13-3-2-6-19-8-13;1-3-19(14(21)10(2)7-16)12-9-20(18-13(12)15)11-5-4-6-17-8-11;1-9(6-15)13(20)18(2)11-8-19(17-12(11)14)10-4-3-5-16-7-10;1-2-18(12(20)5-6-15)11-9-19(17-13(11)14)10-4-3-7-16-8-10;1-17(11(19)4-5-14)10-8-18(16-12(10)13)9-3-2-6-15-7-9;1-8(13)16(2)10-7-17(15-11(10)12)9-4-3-5-14-6-9;1-8(13-2)15-10-7-17(16-11(10)12)9-4-3-5-14-6-9/h2-3,6,8,10-12H,4-5,9H2,1H3;4-6,8-10H,3H2,1-2H3;3-5,7-9H,1-2H3;3-4,7-9H,2,5H2,1H3;2-3,6-8H,4H2,1H3;3-7,13H,1-2H3;3-7H,1-2H3,(H,13,15). The molecule has 702 valence electrons. The minimum Gasteiger partial charge on any atom is -0.340 e. The Morgan fingerprint density at radius 2 is 0.672 bits per heavy atom. The molecule has 1 aliphatic rings. The summed E-state index contributed by atoms with van der Waals surface area (Å²) < 4.78 is 11.1. The number of hydrogen-bond acceptors (Lipinski definition) is 26. The van der Waals surface area contributed by atoms with Crippen LogP contribution in [0.1, 0.15) is 74.1 Å². The maximum absolute atomic E-state index is 12.5. The molecule has 40 nitrogen and oxygen atoms in total. The molecule has 14 aromatic rings. The second-order valence-electron chi connectivity index (χ2n) is 29.0. The number of aliphatic imine (C=N–C) groups is 1. The number of carbonyl (C=O) groups is 5. The van der Waals surface area contributed by atoms with Crippen LogP contribution in [-0.4, -0.2) is 192 Å². The number of hydrogen-bond donors (Lipinski definition) is 2. The van der Waals surface area contributed by atoms with Gasteiger partial charge in [-0.15, -0.1) is 0 Å². The van der Waals surface area contributed by atoms with E-state index < -0.39 is 17.8 Å². The van der Waals surface area contributed by atoms with E-state index >= 15 is 0 Å². The van der Waals surface area contributed by atoms with Crippen molar-refractivity contribution < 1.29 is 24.0 Å². The van der Waals surface area contributed by atoms with Gasteiger partial charge in [0.05, 0.1) is 174 Å². The maximum atomic E-state index is 12.5. The second-order valence-corrected chi connectivity index (χ2v) is 31.5. The Morgan fingerprint density at radius 3 is 0.964 bits per heavy atom. The molecule has 137 heavy (non-hydrogen) atoms. The Labute approximate surface area is 822 Å². The molecule has 1 saturated carbocycles. The molecular weight excluding hydrogens is 1900 g/mol. The first kappa shape index (κ1) is 105. The molecule has 14 heterocycles. The quantitative estimate of drug-likeness (QED) is 0.0443. The van der Waals surface area contributed by atoms with Gasteiger partial charge in [-0.25, -0.2) is 32.8 Å². The molecule has 1 aliphatic carbocycles. The average Bonchev–Trinajstić information content (AvgIpc) is 1.63. The third kappa shape index (κ3) is 28.9. The van der Waals surface area contributed by atoms with E-state index in [1.165, 1.54) is 35.9 Å². The number of nitrogens with zero attached hydrogens (tertiary/aromatic N) is 33. The van der Waals surface area contributed by atoms with Crippen molar-refractivity contribution in [2.24, 2.45) is 28.7 Å². The van der Waals surface area contributed by atoms with E-state index in [4.69, 9.17) is 113 Å². The Morgan fingerprint density at radius 1 is 0.401 bits per heavy atom. The molecule has 0 bridgehead atoms. The molecule has 0 radical (unpaired) electrons. The lowest BCUT2D eigenvalue weighted by molar-refractivity contribution is -0.121. The minimum absolute atomic E-state index is 0.190. The van der Waals surface area contributed by atoms with Gasteiger partial charge >= 0.3 is 0 Å². The van der Waals surface area contributed by atoms with Crippen molar-refractivity contribution in [3.05, 3.63) is 251 Å². The average molecular weight is 1990 g/mol. The summed E-state index contributed by atoms with van der Waals surface area (Å²) in [5, 5.41) is 85.5. The Balaban J connectivity index is 0.000000179. The van der Waals surface area contributed by atoms with E-state index in [1.807, 2.05) is 99.6 Å². The predicted octanol–water partition coefficient (Wildman–Crippen LogP) is 16.0. The highest BCUT2D eigenvalue weighted by molar-refractivity contribution is 6.35. The minimum atomic E-state index is -0.738. The van der Waals surface area contributed by atoms with E-state index in [0.29, 0.717) is 75.8 Å². The van der Waals surface area contributed by atoms with Crippen molar-refractivity contribution in [2.75, 3.05) is 82.5 Å². The fraction of sp³-hybridized carbons (Fsp3) is 0.244. The summed E-state index contributed by atoms with van der Waals surface area (Å²) in [5.74, 6) is -2.05. The number of nitrogens with one attached hydrogen (secondary N) is 2. The monoisotopic (exact) mass is 1980 g/mol. The van der Waals surface area contributed by atoms with Gasteiger partial charge in [-0.05, 0) is 152 Å². The zero-order valence-corrected chi connectivity index (χ0v) is 80.7. The van der Waals surface area contributed by atoms with Crippen LogP contribution in [0.4, 0.5) is 39.8 Å². The lowest BCUT2D eigenvalue weighted by Crippen LogP contribution is -2.36. The number of rotatable bonds is 23. The van der Waals surface area contributed by atoms with Crippen LogP contribution in [0.3, 0.4) is 0 Å². The summed E-state index contributed by atoms with van der Waals surface area (Å²) in [6.07, 6.45) is 37.0. The molecular formula is C90H88Cl7N35O5. The highest BCUT2D eigenvalue weighted by atomic mass is 35.5. The van der Waals surface area contributed by atoms with Gasteiger partial charge in [0, 0.05) is 91.2 Å². The van der Waals surface area contributed by atoms with Crippen LogP contribution in [0, 0.1) is 85.7 Å². The van der Waals surface area contributed by atoms with E-state index in [9.17, 15) is 24.0 Å². The van der Waals surface area contributed by atoms with Crippen LogP contribution >= 0.6 is 81.2 Å². The SMILES string of the molecule is CC(=N)N(C)c1cn(-c2cccnc2)nc1Cl.CC(C#N)C(=O)N(C)c1cn(-c2cccnc2)nc1Cl.CC(C#N)C(=O)N(CC1CC1)c1cn(-c2cccnc2)nc1Cl.CCN(C(=O)C(C)C#N)c1cn(-c2cccnc2)nc1Cl.CCN(C(=O)CC#N)c1cn(-c2cccnc2)nc1Cl.CN(C(=O)CC#N)c1cn(-c2cccnc2)nc1Cl.CN=C(C)Nc1cn(-c2cccnc2)nc1Cl. The van der Waals surface area contributed by atoms with Gasteiger partial charge in [-0.1, -0.05) is 81.2 Å². The van der Waals surface area contributed by atoms with Gasteiger partial charge in [-0.3, -0.25) is 69.3 Å². The molecule has 5 amide bonds. The number of anilines is 7. The van der Waals surface area contributed by atoms with Crippen molar-refractivity contribution in [1.29, 1.82) is 31.7 Å². The third-order valence-corrected chi connectivity index (χ3v) is 21.4. The molecule has 3 atom stereocenters. The summed E-state index contributed by atoms with van der Waals surface area (Å²) in [5.41, 5.74) is 9.20. The number of amidine groups is 2. The molecule has 15 rings (SSSR count). The first-order valence-corrected chi connectivity index (χ1v) is 44.0. The van der Waals surface area contributed by atoms with Gasteiger partial charge in [0.15, 0.2) is 36.1 Å². The maximum Gasteiger partial charge on any atom is 0.244 e. The predicted molar refractivity (Wildman–Crippen MR) is 522 cm³/mol. The summed E-state index contributed by atoms with van der Waals surface area (Å²) in [4.78, 5) is 101. The number of carbonyl (C=O) groups excluding carboxylic acids is 5. The van der Waals surface area contributed by atoms with Gasteiger partial charge < -0.3 is 34.7 Å². The molecule has 0 aromatic carbocycles. The number of nitriles is 5. The lowest BCUT2D eigenvalue weighted by atomic mass is 10.1. The van der Waals surface area contributed by atoms with Crippen LogP contribution in [0.15, 0.2) is 220 Å². The van der Waals surface area contributed by atoms with E-state index in [1.54, 1.807) is 249 Å². The zero-order valence-electron chi connectivity index (χ0n) is 75.4. The fourth-order valence-electron chi connectivity index (χ4n) is 11.8. The molecule has 14 aromatic heterocycles. The topological polar surface area (TPSA) is 487 Å². The van der Waals surface area contributed by atoms with Crippen LogP contribution in [-0.2, 0) is 24.0 Å². The summed E-state index contributed by atoms with van der Waals surface area (Å²) in [6.45, 7) is 13.3. The van der Waals surface area contributed by atoms with Crippen molar-refractivity contribution in [3.8, 4) is 70.2 Å². The van der Waals surface area contributed by atoms with Gasteiger partial charge in [0.25, 0.3) is 0 Å². The highest BCUT2D eigenvalue weighted by Crippen LogP contribution is 2.37. The fourth-order valence-corrected chi connectivity index (χ4v) is 13.5. The third-order valence-electron chi connectivity index (χ3n) is 19.5. The van der Waals surface area contributed by atoms with E-state index in [0.717, 1.165) is 64.2 Å². The van der Waals surface area contributed by atoms with Crippen LogP contribution < -0.4 is 34.7 Å². The Kier molecular flexibility index (Phi) is 39.5. The molecule has 0 aliphatic heterocycles. The number of halogens is 7. The van der Waals surface area contributed by atoms with Gasteiger partial charge in [0.2, 0.25) is 29.5 Å². The van der Waals surface area contributed by atoms with E-state index in [-0.39, 0.29) is 68.1 Å². The Hall–Kier alpha value is -15.7. The molecule has 2 N–H and O–H groups in total. The molecule has 1 fully saturated rings. The smallest absolute Gasteiger partial charge is 0.244 e. The summed E-state index contributed by atoms with van der Waals surface area (Å²) in [6, 6.07) is 35.0. The second kappa shape index (κ2) is 51.5. The van der Waals surface area contributed by atoms with Crippen LogP contribution in [0.5, 0.6) is 0 Å². The Bertz CT molecular complexity index is 6660. The summed E-state index contributed by atoms with van der Waals surface area (Å²) >= 11 is 42.6. The number of pyridine rings is 7. The largest absolute Gasteiger partial charge is 0.340 e. The van der Waals surface area contributed by atoms with Gasteiger partial charge in [0.1, 0.15) is 64.7 Å². The first-order valence-electron chi connectivity index (χ1n) is 41.3. The first-order chi connectivity index (χ1) is 65.8.